The van der Waals surface area contributed by atoms with E-state index in [1.165, 1.54) is 21.9 Å². The van der Waals surface area contributed by atoms with Gasteiger partial charge >= 0.3 is 0 Å². The number of fused-ring (bicyclic) bond motifs is 3. The summed E-state index contributed by atoms with van der Waals surface area (Å²) in [6, 6.07) is 39.0. The van der Waals surface area contributed by atoms with Gasteiger partial charge in [0.05, 0.1) is 28.9 Å². The van der Waals surface area contributed by atoms with Crippen LogP contribution in [0.25, 0.3) is 49.7 Å². The van der Waals surface area contributed by atoms with E-state index in [2.05, 4.69) is 95.5 Å². The lowest BCUT2D eigenvalue weighted by Gasteiger charge is -2.23. The van der Waals surface area contributed by atoms with Crippen molar-refractivity contribution in [3.63, 3.8) is 0 Å². The van der Waals surface area contributed by atoms with Gasteiger partial charge in [-0.2, -0.15) is 0 Å². The Morgan fingerprint density at radius 1 is 0.536 bits per heavy atom. The number of benzene rings is 6. The summed E-state index contributed by atoms with van der Waals surface area (Å²) in [7, 11) is 0. The Morgan fingerprint density at radius 3 is 1.54 bits per heavy atom. The number of para-hydroxylation sites is 2. The highest BCUT2D eigenvalue weighted by Crippen LogP contribution is 2.45. The van der Waals surface area contributed by atoms with E-state index in [1.807, 2.05) is 87.5 Å². The molecule has 0 saturated heterocycles. The number of hydrogen-bond acceptors (Lipinski definition) is 4. The van der Waals surface area contributed by atoms with E-state index in [0.717, 1.165) is 44.5 Å². The summed E-state index contributed by atoms with van der Waals surface area (Å²) in [6.07, 6.45) is 0.225. The average molecular weight is 746 g/mol. The molecule has 7 aromatic rings. The molecule has 1 heterocycles. The number of rotatable bonds is 9. The summed E-state index contributed by atoms with van der Waals surface area (Å²) in [4.78, 5) is 0. The molecule has 0 fully saturated rings. The number of aromatic hydroxyl groups is 2. The smallest absolute Gasteiger partial charge is 0.147 e. The molecule has 2 N–H and O–H groups in total. The van der Waals surface area contributed by atoms with Gasteiger partial charge in [-0.15, -0.1) is 0 Å². The molecule has 0 aliphatic rings. The van der Waals surface area contributed by atoms with Crippen molar-refractivity contribution in [2.24, 2.45) is 0 Å². The fourth-order valence-electron chi connectivity index (χ4n) is 7.80. The number of aryl methyl sites for hydroxylation is 2. The summed E-state index contributed by atoms with van der Waals surface area (Å²) < 4.78 is 15.4. The van der Waals surface area contributed by atoms with Crippen LogP contribution in [0.2, 0.25) is 0 Å². The van der Waals surface area contributed by atoms with Crippen molar-refractivity contribution in [3.8, 4) is 50.9 Å². The monoisotopic (exact) mass is 745 g/mol. The van der Waals surface area contributed by atoms with Gasteiger partial charge in [-0.25, -0.2) is 0 Å². The fourth-order valence-corrected chi connectivity index (χ4v) is 7.80. The van der Waals surface area contributed by atoms with Crippen molar-refractivity contribution < 1.29 is 19.7 Å². The molecule has 0 aliphatic heterocycles. The maximum atomic E-state index is 12.3. The highest BCUT2D eigenvalue weighted by molar-refractivity contribution is 6.10. The molecule has 288 valence electrons. The number of hydrogen-bond donors (Lipinski definition) is 2. The van der Waals surface area contributed by atoms with E-state index >= 15 is 0 Å². The molecule has 56 heavy (non-hydrogen) atoms. The molecule has 0 bridgehead atoms. The van der Waals surface area contributed by atoms with Gasteiger partial charge in [0.25, 0.3) is 0 Å². The molecule has 5 heteroatoms. The Hall–Kier alpha value is -5.68. The summed E-state index contributed by atoms with van der Waals surface area (Å²) in [6.45, 7) is 21.7. The summed E-state index contributed by atoms with van der Waals surface area (Å²) in [5.74, 6) is 1.82. The van der Waals surface area contributed by atoms with Crippen LogP contribution in [0, 0.1) is 13.8 Å². The maximum absolute atomic E-state index is 12.3. The SMILES string of the molecule is Cc1ccc(O)c(-c2ccccc2OC(C)C[C@@H](C)Oc2ccccc2-c2cc(C)cc(-n3c4ccc(C(C)(C)C)cc4c4cc(C(C)(C)C)ccc43)c2O)c1. The van der Waals surface area contributed by atoms with Crippen LogP contribution in [0.3, 0.4) is 0 Å². The summed E-state index contributed by atoms with van der Waals surface area (Å²) in [5.41, 5.74) is 10.6. The lowest BCUT2D eigenvalue weighted by atomic mass is 9.85. The van der Waals surface area contributed by atoms with Gasteiger partial charge in [-0.05, 0) is 116 Å². The number of nitrogens with zero attached hydrogens (tertiary/aromatic N) is 1. The summed E-state index contributed by atoms with van der Waals surface area (Å²) in [5, 5.41) is 25.3. The number of aromatic nitrogens is 1. The van der Waals surface area contributed by atoms with Gasteiger partial charge in [0.2, 0.25) is 0 Å². The van der Waals surface area contributed by atoms with E-state index in [9.17, 15) is 10.2 Å². The third kappa shape index (κ3) is 7.60. The van der Waals surface area contributed by atoms with Crippen LogP contribution in [0.4, 0.5) is 0 Å². The molecule has 0 amide bonds. The molecule has 0 spiro atoms. The minimum atomic E-state index is -0.205. The predicted octanol–water partition coefficient (Wildman–Crippen LogP) is 13.4. The van der Waals surface area contributed by atoms with Crippen molar-refractivity contribution in [2.75, 3.05) is 0 Å². The van der Waals surface area contributed by atoms with E-state index in [1.54, 1.807) is 6.07 Å². The van der Waals surface area contributed by atoms with Crippen molar-refractivity contribution in [3.05, 3.63) is 138 Å². The molecular weight excluding hydrogens is 691 g/mol. The minimum absolute atomic E-state index is 0.0104. The Kier molecular flexibility index (Phi) is 10.2. The summed E-state index contributed by atoms with van der Waals surface area (Å²) >= 11 is 0. The second-order valence-corrected chi connectivity index (χ2v) is 17.6. The van der Waals surface area contributed by atoms with Gasteiger partial charge in [-0.1, -0.05) is 102 Å². The minimum Gasteiger partial charge on any atom is -0.507 e. The first-order valence-corrected chi connectivity index (χ1v) is 19.7. The van der Waals surface area contributed by atoms with Crippen LogP contribution in [0.15, 0.2) is 115 Å². The van der Waals surface area contributed by atoms with Crippen LogP contribution in [0.1, 0.15) is 84.1 Å². The van der Waals surface area contributed by atoms with E-state index in [0.29, 0.717) is 23.5 Å². The molecule has 5 nitrogen and oxygen atoms in total. The van der Waals surface area contributed by atoms with Gasteiger partial charge < -0.3 is 24.3 Å². The first-order valence-electron chi connectivity index (χ1n) is 19.7. The second kappa shape index (κ2) is 14.8. The van der Waals surface area contributed by atoms with Crippen molar-refractivity contribution in [2.45, 2.75) is 98.7 Å². The normalized spacial score (nSPS) is 13.2. The molecule has 1 aromatic heterocycles. The van der Waals surface area contributed by atoms with Crippen LogP contribution >= 0.6 is 0 Å². The Labute approximate surface area is 332 Å². The molecule has 2 atom stereocenters. The number of ether oxygens (including phenoxy) is 2. The van der Waals surface area contributed by atoms with Crippen molar-refractivity contribution in [1.29, 1.82) is 0 Å². The van der Waals surface area contributed by atoms with Crippen LogP contribution in [-0.2, 0) is 10.8 Å². The quantitative estimate of drug-likeness (QED) is 0.154. The molecule has 0 saturated carbocycles. The maximum Gasteiger partial charge on any atom is 0.147 e. The van der Waals surface area contributed by atoms with Crippen molar-refractivity contribution >= 4 is 21.8 Å². The predicted molar refractivity (Wildman–Crippen MR) is 233 cm³/mol. The Bertz CT molecular complexity index is 2490. The second-order valence-electron chi connectivity index (χ2n) is 17.6. The molecule has 0 aliphatic carbocycles. The van der Waals surface area contributed by atoms with Gasteiger partial charge in [0.1, 0.15) is 23.0 Å². The topological polar surface area (TPSA) is 63.8 Å². The molecule has 1 unspecified atom stereocenters. The zero-order valence-electron chi connectivity index (χ0n) is 34.5. The zero-order chi connectivity index (χ0) is 40.1. The highest BCUT2D eigenvalue weighted by atomic mass is 16.5. The van der Waals surface area contributed by atoms with Crippen LogP contribution in [-0.4, -0.2) is 27.0 Å². The standard InChI is InChI=1S/C51H55NO4/c1-31-19-24-46(53)41(25-31)37-15-11-13-17-47(37)55-33(3)28-34(4)56-48-18-14-12-16-38(48)42-26-32(2)27-45(49(42)54)52-43-22-20-35(50(5,6)7)29-39(43)40-30-36(51(8,9)10)21-23-44(40)52/h11-27,29-30,33-34,53-54H,28H2,1-10H3/t33?,34-/m1/s1. The first kappa shape index (κ1) is 38.6. The lowest BCUT2D eigenvalue weighted by molar-refractivity contribution is 0.131. The molecule has 6 aromatic carbocycles. The Morgan fingerprint density at radius 2 is 1.02 bits per heavy atom. The third-order valence-corrected chi connectivity index (χ3v) is 10.8. The van der Waals surface area contributed by atoms with E-state index in [4.69, 9.17) is 9.47 Å². The average Bonchev–Trinajstić information content (AvgIpc) is 3.46. The Balaban J connectivity index is 1.23. The number of phenols is 2. The molecule has 0 radical (unpaired) electrons. The van der Waals surface area contributed by atoms with Crippen LogP contribution < -0.4 is 9.47 Å². The third-order valence-electron chi connectivity index (χ3n) is 10.8. The number of phenolic OH excluding ortho intramolecular Hbond substituents is 2. The zero-order valence-corrected chi connectivity index (χ0v) is 34.5. The first-order chi connectivity index (χ1) is 26.5. The molecular formula is C51H55NO4. The van der Waals surface area contributed by atoms with E-state index < -0.39 is 0 Å². The van der Waals surface area contributed by atoms with E-state index in [-0.39, 0.29) is 34.5 Å². The molecule has 7 rings (SSSR count). The van der Waals surface area contributed by atoms with Gasteiger partial charge in [0, 0.05) is 39.4 Å². The lowest BCUT2D eigenvalue weighted by Crippen LogP contribution is -2.23. The highest BCUT2D eigenvalue weighted by Gasteiger charge is 2.24. The van der Waals surface area contributed by atoms with Gasteiger partial charge in [0.15, 0.2) is 0 Å². The van der Waals surface area contributed by atoms with Gasteiger partial charge in [-0.3, -0.25) is 0 Å². The fraction of sp³-hybridized carbons (Fsp3) is 0.294. The largest absolute Gasteiger partial charge is 0.507 e. The van der Waals surface area contributed by atoms with Crippen LogP contribution in [0.5, 0.6) is 23.0 Å². The van der Waals surface area contributed by atoms with Crippen molar-refractivity contribution in [1.82, 2.24) is 4.57 Å².